The van der Waals surface area contributed by atoms with E-state index in [9.17, 15) is 4.79 Å². The topological polar surface area (TPSA) is 52.3 Å². The molecule has 0 radical (unpaired) electrons. The molecule has 0 saturated carbocycles. The van der Waals surface area contributed by atoms with Gasteiger partial charge in [0.25, 0.3) is 0 Å². The molecule has 0 heterocycles. The Morgan fingerprint density at radius 1 is 0.556 bits per heavy atom. The van der Waals surface area contributed by atoms with E-state index in [-0.39, 0.29) is 6.10 Å². The minimum Gasteiger partial charge on any atom is -0.446 e. The molecule has 0 aromatic heterocycles. The fourth-order valence-electron chi connectivity index (χ4n) is 4.73. The van der Waals surface area contributed by atoms with E-state index in [0.717, 1.165) is 57.8 Å². The largest absolute Gasteiger partial charge is 0.446 e. The Kier molecular flexibility index (Phi) is 26.9. The van der Waals surface area contributed by atoms with E-state index in [2.05, 4.69) is 57.2 Å². The Morgan fingerprint density at radius 2 is 0.944 bits per heavy atom. The number of carbonyl (C=O) groups excluding carboxylic acids is 1. The first-order valence-electron chi connectivity index (χ1n) is 15.6. The molecule has 0 rings (SSSR count). The Morgan fingerprint density at radius 3 is 1.39 bits per heavy atom. The van der Waals surface area contributed by atoms with Gasteiger partial charge in [0.05, 0.1) is 0 Å². The summed E-state index contributed by atoms with van der Waals surface area (Å²) < 4.78 is 5.68. The molecule has 36 heavy (non-hydrogen) atoms. The highest BCUT2D eigenvalue weighted by Crippen LogP contribution is 2.26. The van der Waals surface area contributed by atoms with Crippen LogP contribution in [0.5, 0.6) is 0 Å². The third kappa shape index (κ3) is 24.2. The van der Waals surface area contributed by atoms with Gasteiger partial charge in [-0.3, -0.25) is 0 Å². The number of rotatable bonds is 26. The lowest BCUT2D eigenvalue weighted by molar-refractivity contribution is 0.0554. The highest BCUT2D eigenvalue weighted by molar-refractivity contribution is 5.64. The van der Waals surface area contributed by atoms with E-state index in [0.29, 0.717) is 5.92 Å². The second kappa shape index (κ2) is 28.1. The predicted octanol–water partition coefficient (Wildman–Crippen LogP) is 11.0. The van der Waals surface area contributed by atoms with Crippen molar-refractivity contribution in [1.82, 2.24) is 0 Å². The number of ether oxygens (including phenoxy) is 1. The summed E-state index contributed by atoms with van der Waals surface area (Å²) in [5.41, 5.74) is 5.49. The maximum Gasteiger partial charge on any atom is 0.404 e. The molecule has 2 unspecified atom stereocenters. The summed E-state index contributed by atoms with van der Waals surface area (Å²) in [5.74, 6) is 0.387. The standard InChI is InChI=1S/C33H61NO2/c1-4-7-10-13-16-18-21-23-26-29-31(28-25-22-20-17-14-11-8-5-2)32(36-33(34)35)30-27-24-19-15-12-9-6-3/h17-21,24,31-32H,4-16,22-23,25-30H2,1-3H3,(H2,34,35)/b20-17-,21-18?,24-19?. The fraction of sp³-hybridized carbons (Fsp3) is 0.788. The van der Waals surface area contributed by atoms with Gasteiger partial charge in [0, 0.05) is 0 Å². The van der Waals surface area contributed by atoms with E-state index in [1.54, 1.807) is 0 Å². The van der Waals surface area contributed by atoms with Crippen LogP contribution in [-0.4, -0.2) is 12.2 Å². The number of allylic oxidation sites excluding steroid dienone is 6. The minimum absolute atomic E-state index is 0.0747. The smallest absolute Gasteiger partial charge is 0.404 e. The summed E-state index contributed by atoms with van der Waals surface area (Å²) in [6, 6.07) is 0. The van der Waals surface area contributed by atoms with Crippen molar-refractivity contribution >= 4 is 6.09 Å². The van der Waals surface area contributed by atoms with Crippen LogP contribution in [-0.2, 0) is 4.74 Å². The van der Waals surface area contributed by atoms with Crippen LogP contribution in [0, 0.1) is 5.92 Å². The van der Waals surface area contributed by atoms with E-state index in [1.807, 2.05) is 0 Å². The highest BCUT2D eigenvalue weighted by Gasteiger charge is 2.23. The first-order valence-corrected chi connectivity index (χ1v) is 15.6. The first-order chi connectivity index (χ1) is 17.7. The molecule has 0 aromatic carbocycles. The van der Waals surface area contributed by atoms with E-state index < -0.39 is 6.09 Å². The van der Waals surface area contributed by atoms with Gasteiger partial charge in [0.1, 0.15) is 6.10 Å². The van der Waals surface area contributed by atoms with Crippen molar-refractivity contribution < 1.29 is 9.53 Å². The number of hydrogen-bond donors (Lipinski definition) is 1. The van der Waals surface area contributed by atoms with Gasteiger partial charge in [-0.1, -0.05) is 102 Å². The molecule has 0 aliphatic heterocycles. The predicted molar refractivity (Wildman–Crippen MR) is 159 cm³/mol. The Bertz CT molecular complexity index is 552. The lowest BCUT2D eigenvalue weighted by atomic mass is 9.88. The Balaban J connectivity index is 4.72. The van der Waals surface area contributed by atoms with Crippen LogP contribution in [0.15, 0.2) is 36.5 Å². The van der Waals surface area contributed by atoms with Gasteiger partial charge >= 0.3 is 6.09 Å². The molecule has 2 N–H and O–H groups in total. The van der Waals surface area contributed by atoms with Crippen molar-refractivity contribution in [3.05, 3.63) is 36.5 Å². The molecule has 0 saturated heterocycles. The number of primary amides is 1. The highest BCUT2D eigenvalue weighted by atomic mass is 16.6. The zero-order valence-electron chi connectivity index (χ0n) is 24.4. The van der Waals surface area contributed by atoms with Crippen LogP contribution < -0.4 is 5.73 Å². The average molecular weight is 504 g/mol. The molecular weight excluding hydrogens is 442 g/mol. The van der Waals surface area contributed by atoms with Crippen LogP contribution in [0.3, 0.4) is 0 Å². The number of amides is 1. The number of unbranched alkanes of at least 4 members (excludes halogenated alkanes) is 12. The Hall–Kier alpha value is -1.51. The lowest BCUT2D eigenvalue weighted by Gasteiger charge is -2.26. The van der Waals surface area contributed by atoms with E-state index >= 15 is 0 Å². The van der Waals surface area contributed by atoms with Gasteiger partial charge in [-0.25, -0.2) is 4.79 Å². The SMILES string of the molecule is CCCCCC=CCCC(OC(N)=O)C(CCCC=CCCCCCC)CCC/C=C\CCCCC. The number of nitrogens with two attached hydrogens (primary N) is 1. The maximum absolute atomic E-state index is 11.7. The molecule has 1 amide bonds. The minimum atomic E-state index is -0.625. The molecule has 0 fully saturated rings. The van der Waals surface area contributed by atoms with Crippen LogP contribution in [0.25, 0.3) is 0 Å². The van der Waals surface area contributed by atoms with Gasteiger partial charge in [0.2, 0.25) is 0 Å². The van der Waals surface area contributed by atoms with Crippen molar-refractivity contribution in [2.75, 3.05) is 0 Å². The first kappa shape index (κ1) is 34.5. The van der Waals surface area contributed by atoms with E-state index in [4.69, 9.17) is 10.5 Å². The van der Waals surface area contributed by atoms with Crippen LogP contribution in [0.2, 0.25) is 0 Å². The van der Waals surface area contributed by atoms with Crippen molar-refractivity contribution in [2.24, 2.45) is 11.7 Å². The van der Waals surface area contributed by atoms with Crippen molar-refractivity contribution in [3.8, 4) is 0 Å². The van der Waals surface area contributed by atoms with Crippen LogP contribution in [0.4, 0.5) is 4.79 Å². The van der Waals surface area contributed by atoms with Gasteiger partial charge in [-0.15, -0.1) is 0 Å². The molecule has 210 valence electrons. The molecule has 0 bridgehead atoms. The zero-order chi connectivity index (χ0) is 26.5. The fourth-order valence-corrected chi connectivity index (χ4v) is 4.73. The summed E-state index contributed by atoms with van der Waals surface area (Å²) in [6.07, 6.45) is 38.3. The molecule has 3 nitrogen and oxygen atoms in total. The molecular formula is C33H61NO2. The third-order valence-corrected chi connectivity index (χ3v) is 6.98. The second-order valence-corrected chi connectivity index (χ2v) is 10.4. The Labute approximate surface area is 225 Å². The average Bonchev–Trinajstić information content (AvgIpc) is 2.86. The second-order valence-electron chi connectivity index (χ2n) is 10.4. The maximum atomic E-state index is 11.7. The van der Waals surface area contributed by atoms with Crippen molar-refractivity contribution in [3.63, 3.8) is 0 Å². The van der Waals surface area contributed by atoms with Crippen LogP contribution >= 0.6 is 0 Å². The summed E-state index contributed by atoms with van der Waals surface area (Å²) in [7, 11) is 0. The molecule has 2 atom stereocenters. The number of hydrogen-bond acceptors (Lipinski definition) is 2. The van der Waals surface area contributed by atoms with Gasteiger partial charge in [-0.2, -0.15) is 0 Å². The molecule has 3 heteroatoms. The quantitative estimate of drug-likeness (QED) is 0.0942. The monoisotopic (exact) mass is 503 g/mol. The van der Waals surface area contributed by atoms with Gasteiger partial charge in [0.15, 0.2) is 0 Å². The summed E-state index contributed by atoms with van der Waals surface area (Å²) >= 11 is 0. The van der Waals surface area contributed by atoms with Crippen molar-refractivity contribution in [1.29, 1.82) is 0 Å². The van der Waals surface area contributed by atoms with Crippen molar-refractivity contribution in [2.45, 2.75) is 162 Å². The van der Waals surface area contributed by atoms with Gasteiger partial charge < -0.3 is 10.5 Å². The molecule has 0 aliphatic rings. The number of carbonyl (C=O) groups is 1. The summed E-state index contributed by atoms with van der Waals surface area (Å²) in [5, 5.41) is 0. The summed E-state index contributed by atoms with van der Waals surface area (Å²) in [4.78, 5) is 11.7. The van der Waals surface area contributed by atoms with E-state index in [1.165, 1.54) is 77.0 Å². The third-order valence-electron chi connectivity index (χ3n) is 6.98. The normalized spacial score (nSPS) is 13.8. The summed E-state index contributed by atoms with van der Waals surface area (Å²) in [6.45, 7) is 6.75. The molecule has 0 aromatic rings. The molecule has 0 aliphatic carbocycles. The lowest BCUT2D eigenvalue weighted by Crippen LogP contribution is -2.30. The molecule has 0 spiro atoms. The zero-order valence-corrected chi connectivity index (χ0v) is 24.4. The van der Waals surface area contributed by atoms with Gasteiger partial charge in [-0.05, 0) is 95.8 Å². The van der Waals surface area contributed by atoms with Crippen LogP contribution in [0.1, 0.15) is 156 Å².